The first-order valence-electron chi connectivity index (χ1n) is 9.50. The number of likely N-dealkylation sites (tertiary alicyclic amines) is 1. The van der Waals surface area contributed by atoms with Gasteiger partial charge >= 0.3 is 12.1 Å². The summed E-state index contributed by atoms with van der Waals surface area (Å²) in [6.45, 7) is 6.39. The summed E-state index contributed by atoms with van der Waals surface area (Å²) in [4.78, 5) is 28.0. The Kier molecular flexibility index (Phi) is 6.34. The molecule has 1 aromatic carbocycles. The third-order valence-corrected chi connectivity index (χ3v) is 5.21. The summed E-state index contributed by atoms with van der Waals surface area (Å²) in [5.41, 5.74) is 0.907. The normalized spacial score (nSPS) is 29.3. The Morgan fingerprint density at radius 2 is 1.78 bits per heavy atom. The third-order valence-electron chi connectivity index (χ3n) is 5.21. The Morgan fingerprint density at radius 1 is 1.11 bits per heavy atom. The Bertz CT molecular complexity index is 643. The SMILES string of the molecule is CC1CN(C2CC(C(=O)O)CN(C(=O)OCc3ccccc3)C2)CC(C)O1. The van der Waals surface area contributed by atoms with Gasteiger partial charge in [0.2, 0.25) is 0 Å². The number of morpholine rings is 1. The molecule has 2 heterocycles. The lowest BCUT2D eigenvalue weighted by Crippen LogP contribution is -2.58. The van der Waals surface area contributed by atoms with Crippen molar-refractivity contribution in [3.05, 3.63) is 35.9 Å². The van der Waals surface area contributed by atoms with Crippen molar-refractivity contribution in [3.8, 4) is 0 Å². The van der Waals surface area contributed by atoms with E-state index in [0.717, 1.165) is 18.7 Å². The van der Waals surface area contributed by atoms with Crippen molar-refractivity contribution in [2.24, 2.45) is 5.92 Å². The first-order chi connectivity index (χ1) is 12.9. The molecule has 0 bridgehead atoms. The smallest absolute Gasteiger partial charge is 0.410 e. The van der Waals surface area contributed by atoms with E-state index in [1.807, 2.05) is 44.2 Å². The summed E-state index contributed by atoms with van der Waals surface area (Å²) in [5.74, 6) is -1.45. The van der Waals surface area contributed by atoms with Crippen molar-refractivity contribution in [1.82, 2.24) is 9.80 Å². The summed E-state index contributed by atoms with van der Waals surface area (Å²) >= 11 is 0. The van der Waals surface area contributed by atoms with E-state index in [1.165, 1.54) is 0 Å². The van der Waals surface area contributed by atoms with Crippen LogP contribution in [0.15, 0.2) is 30.3 Å². The fraction of sp³-hybridized carbons (Fsp3) is 0.600. The van der Waals surface area contributed by atoms with E-state index in [1.54, 1.807) is 4.90 Å². The van der Waals surface area contributed by atoms with Crippen LogP contribution in [-0.2, 0) is 20.9 Å². The number of carbonyl (C=O) groups excluding carboxylic acids is 1. The predicted molar refractivity (Wildman–Crippen MR) is 99.3 cm³/mol. The van der Waals surface area contributed by atoms with E-state index in [2.05, 4.69) is 4.90 Å². The van der Waals surface area contributed by atoms with Gasteiger partial charge < -0.3 is 19.5 Å². The molecule has 1 aromatic rings. The standard InChI is InChI=1S/C20H28N2O5/c1-14-9-21(10-15(2)27-14)18-8-17(19(23)24)11-22(12-18)20(25)26-13-16-6-4-3-5-7-16/h3-7,14-15,17-18H,8-13H2,1-2H3,(H,23,24). The average molecular weight is 376 g/mol. The van der Waals surface area contributed by atoms with Crippen LogP contribution in [-0.4, -0.2) is 71.4 Å². The molecule has 0 saturated carbocycles. The minimum Gasteiger partial charge on any atom is -0.481 e. The molecule has 4 atom stereocenters. The van der Waals surface area contributed by atoms with E-state index in [-0.39, 0.29) is 31.4 Å². The number of carbonyl (C=O) groups is 2. The van der Waals surface area contributed by atoms with Gasteiger partial charge in [0.05, 0.1) is 18.1 Å². The highest BCUT2D eigenvalue weighted by Gasteiger charge is 2.39. The van der Waals surface area contributed by atoms with Crippen LogP contribution < -0.4 is 0 Å². The van der Waals surface area contributed by atoms with Gasteiger partial charge in [0, 0.05) is 32.2 Å². The van der Waals surface area contributed by atoms with Crippen molar-refractivity contribution in [2.75, 3.05) is 26.2 Å². The number of amides is 1. The average Bonchev–Trinajstić information content (AvgIpc) is 2.65. The molecule has 2 aliphatic heterocycles. The van der Waals surface area contributed by atoms with Crippen molar-refractivity contribution in [3.63, 3.8) is 0 Å². The number of piperidine rings is 1. The van der Waals surface area contributed by atoms with Crippen LogP contribution in [0.5, 0.6) is 0 Å². The Labute approximate surface area is 159 Å². The zero-order valence-corrected chi connectivity index (χ0v) is 15.9. The van der Waals surface area contributed by atoms with Crippen LogP contribution in [0.2, 0.25) is 0 Å². The highest BCUT2D eigenvalue weighted by atomic mass is 16.6. The van der Waals surface area contributed by atoms with Crippen LogP contribution in [0.25, 0.3) is 0 Å². The van der Waals surface area contributed by atoms with Gasteiger partial charge in [-0.1, -0.05) is 30.3 Å². The van der Waals surface area contributed by atoms with Crippen LogP contribution >= 0.6 is 0 Å². The van der Waals surface area contributed by atoms with Crippen molar-refractivity contribution in [1.29, 1.82) is 0 Å². The highest BCUT2D eigenvalue weighted by Crippen LogP contribution is 2.25. The number of benzene rings is 1. The van der Waals surface area contributed by atoms with Gasteiger partial charge in [-0.3, -0.25) is 9.69 Å². The largest absolute Gasteiger partial charge is 0.481 e. The fourth-order valence-corrected chi connectivity index (χ4v) is 3.99. The molecule has 7 nitrogen and oxygen atoms in total. The first kappa shape index (κ1) is 19.6. The number of ether oxygens (including phenoxy) is 2. The second-order valence-corrected chi connectivity index (χ2v) is 7.58. The molecule has 27 heavy (non-hydrogen) atoms. The molecule has 2 saturated heterocycles. The highest BCUT2D eigenvalue weighted by molar-refractivity contribution is 5.73. The number of nitrogens with zero attached hydrogens (tertiary/aromatic N) is 2. The van der Waals surface area contributed by atoms with Crippen molar-refractivity contribution >= 4 is 12.1 Å². The zero-order valence-electron chi connectivity index (χ0n) is 15.9. The van der Waals surface area contributed by atoms with Crippen LogP contribution in [0, 0.1) is 5.92 Å². The Hall–Kier alpha value is -2.12. The molecular weight excluding hydrogens is 348 g/mol. The maximum absolute atomic E-state index is 12.6. The lowest BCUT2D eigenvalue weighted by molar-refractivity contribution is -0.145. The molecule has 3 rings (SSSR count). The van der Waals surface area contributed by atoms with E-state index >= 15 is 0 Å². The van der Waals surface area contributed by atoms with Gasteiger partial charge in [-0.25, -0.2) is 4.79 Å². The number of rotatable bonds is 4. The van der Waals surface area contributed by atoms with Gasteiger partial charge in [0.1, 0.15) is 6.61 Å². The van der Waals surface area contributed by atoms with Gasteiger partial charge in [0.25, 0.3) is 0 Å². The molecule has 4 unspecified atom stereocenters. The summed E-state index contributed by atoms with van der Waals surface area (Å²) in [6, 6.07) is 9.47. The molecule has 2 fully saturated rings. The van der Waals surface area contributed by atoms with Gasteiger partial charge in [-0.15, -0.1) is 0 Å². The lowest BCUT2D eigenvalue weighted by atomic mass is 9.92. The maximum atomic E-state index is 12.6. The van der Waals surface area contributed by atoms with Crippen molar-refractivity contribution in [2.45, 2.75) is 45.1 Å². The molecule has 0 spiro atoms. The van der Waals surface area contributed by atoms with Crippen LogP contribution in [0.1, 0.15) is 25.8 Å². The molecule has 148 valence electrons. The molecule has 1 amide bonds. The van der Waals surface area contributed by atoms with Gasteiger partial charge in [0.15, 0.2) is 0 Å². The second-order valence-electron chi connectivity index (χ2n) is 7.58. The molecule has 7 heteroatoms. The topological polar surface area (TPSA) is 79.3 Å². The van der Waals surface area contributed by atoms with Crippen LogP contribution in [0.4, 0.5) is 4.79 Å². The van der Waals surface area contributed by atoms with E-state index in [0.29, 0.717) is 13.0 Å². The van der Waals surface area contributed by atoms with E-state index in [9.17, 15) is 14.7 Å². The number of hydrogen-bond donors (Lipinski definition) is 1. The number of hydrogen-bond acceptors (Lipinski definition) is 5. The third kappa shape index (κ3) is 5.20. The lowest BCUT2D eigenvalue weighted by Gasteiger charge is -2.45. The monoisotopic (exact) mass is 376 g/mol. The van der Waals surface area contributed by atoms with Gasteiger partial charge in [-0.05, 0) is 25.8 Å². The molecule has 0 aliphatic carbocycles. The minimum atomic E-state index is -0.866. The zero-order chi connectivity index (χ0) is 19.4. The van der Waals surface area contributed by atoms with Crippen molar-refractivity contribution < 1.29 is 24.2 Å². The maximum Gasteiger partial charge on any atom is 0.410 e. The van der Waals surface area contributed by atoms with E-state index in [4.69, 9.17) is 9.47 Å². The Morgan fingerprint density at radius 3 is 2.41 bits per heavy atom. The first-order valence-corrected chi connectivity index (χ1v) is 9.50. The molecule has 2 aliphatic rings. The quantitative estimate of drug-likeness (QED) is 0.868. The summed E-state index contributed by atoms with van der Waals surface area (Å²) in [7, 11) is 0. The molecule has 1 N–H and O–H groups in total. The van der Waals surface area contributed by atoms with Crippen LogP contribution in [0.3, 0.4) is 0 Å². The number of aliphatic carboxylic acids is 1. The molecule has 0 aromatic heterocycles. The summed E-state index contributed by atoms with van der Waals surface area (Å²) in [6.07, 6.45) is 0.274. The fourth-order valence-electron chi connectivity index (χ4n) is 3.99. The summed E-state index contributed by atoms with van der Waals surface area (Å²) < 4.78 is 11.2. The minimum absolute atomic E-state index is 0.00192. The number of carboxylic acids is 1. The van der Waals surface area contributed by atoms with E-state index < -0.39 is 18.0 Å². The second kappa shape index (κ2) is 8.71. The Balaban J connectivity index is 1.65. The molecule has 0 radical (unpaired) electrons. The molecular formula is C20H28N2O5. The predicted octanol–water partition coefficient (Wildman–Crippen LogP) is 2.21. The van der Waals surface area contributed by atoms with Gasteiger partial charge in [-0.2, -0.15) is 0 Å². The number of carboxylic acid groups (broad SMARTS) is 1. The summed E-state index contributed by atoms with van der Waals surface area (Å²) in [5, 5.41) is 9.54.